The molecule has 5 rings (SSSR count). The lowest BCUT2D eigenvalue weighted by Gasteiger charge is -2.11. The number of benzene rings is 2. The molecule has 9 heteroatoms. The summed E-state index contributed by atoms with van der Waals surface area (Å²) in [5.41, 5.74) is 3.97. The van der Waals surface area contributed by atoms with Crippen LogP contribution < -0.4 is 10.0 Å². The molecule has 0 unspecified atom stereocenters. The minimum atomic E-state index is -0.153. The zero-order chi connectivity index (χ0) is 21.5. The van der Waals surface area contributed by atoms with Crippen LogP contribution in [0.15, 0.2) is 90.5 Å². The summed E-state index contributed by atoms with van der Waals surface area (Å²) in [6.07, 6.45) is 0. The minimum Gasteiger partial charge on any atom is -0.267 e. The van der Waals surface area contributed by atoms with E-state index >= 15 is 0 Å². The van der Waals surface area contributed by atoms with Gasteiger partial charge in [-0.1, -0.05) is 48.2 Å². The lowest BCUT2D eigenvalue weighted by molar-refractivity contribution is -0.115. The number of nitrogens with zero attached hydrogens (tertiary/aromatic N) is 4. The summed E-state index contributed by atoms with van der Waals surface area (Å²) < 4.78 is 1.69. The quantitative estimate of drug-likeness (QED) is 0.441. The van der Waals surface area contributed by atoms with Crippen LogP contribution in [-0.4, -0.2) is 23.2 Å². The molecule has 154 valence electrons. The molecule has 2 aromatic rings. The Morgan fingerprint density at radius 3 is 1.42 bits per heavy atom. The van der Waals surface area contributed by atoms with Gasteiger partial charge in [-0.2, -0.15) is 20.2 Å². The fraction of sp³-hybridized carbons (Fsp3) is 0.0909. The standard InChI is InChI=1S/C22H16N4O2S3/c1-13-17(19(27)25(23-13)15-9-5-3-6-10-15)21-29-22(31-30-21)18-14(2)24-26(20(18)28)16-11-7-4-8-12-16/h3-12H,1-2H3. The molecule has 2 amide bonds. The largest absolute Gasteiger partial charge is 0.282 e. The Bertz CT molecular complexity index is 1120. The number of hydrogen-bond acceptors (Lipinski definition) is 7. The lowest BCUT2D eigenvalue weighted by atomic mass is 10.2. The molecule has 1 fully saturated rings. The van der Waals surface area contributed by atoms with E-state index < -0.39 is 0 Å². The molecule has 31 heavy (non-hydrogen) atoms. The maximum absolute atomic E-state index is 13.1. The number of anilines is 2. The van der Waals surface area contributed by atoms with E-state index in [9.17, 15) is 9.59 Å². The molecular weight excluding hydrogens is 448 g/mol. The molecule has 0 radical (unpaired) electrons. The van der Waals surface area contributed by atoms with Crippen molar-refractivity contribution in [3.63, 3.8) is 0 Å². The highest BCUT2D eigenvalue weighted by atomic mass is 33.1. The van der Waals surface area contributed by atoms with E-state index in [0.717, 1.165) is 19.8 Å². The Labute approximate surface area is 191 Å². The monoisotopic (exact) mass is 464 g/mol. The van der Waals surface area contributed by atoms with Gasteiger partial charge in [0.05, 0.1) is 42.4 Å². The van der Waals surface area contributed by atoms with Gasteiger partial charge in [-0.15, -0.1) is 0 Å². The van der Waals surface area contributed by atoms with Gasteiger partial charge in [0, 0.05) is 0 Å². The SMILES string of the molecule is CC1=NN(c2ccccc2)C(=O)C1=C1SSC(=C2C(=O)N(c3ccccc3)N=C2C)S1. The maximum Gasteiger partial charge on any atom is 0.282 e. The molecule has 0 bridgehead atoms. The molecule has 3 aliphatic heterocycles. The molecule has 1 saturated heterocycles. The fourth-order valence-corrected chi connectivity index (χ4v) is 8.09. The lowest BCUT2D eigenvalue weighted by Crippen LogP contribution is -2.21. The van der Waals surface area contributed by atoms with Crippen molar-refractivity contribution in [2.24, 2.45) is 10.2 Å². The first-order valence-corrected chi connectivity index (χ1v) is 12.4. The van der Waals surface area contributed by atoms with Gasteiger partial charge in [-0.25, -0.2) is 0 Å². The van der Waals surface area contributed by atoms with Crippen molar-refractivity contribution in [2.45, 2.75) is 13.8 Å². The van der Waals surface area contributed by atoms with Gasteiger partial charge in [0.2, 0.25) is 0 Å². The topological polar surface area (TPSA) is 65.3 Å². The van der Waals surface area contributed by atoms with Crippen LogP contribution in [0.4, 0.5) is 11.4 Å². The molecule has 3 heterocycles. The van der Waals surface area contributed by atoms with E-state index in [1.54, 1.807) is 0 Å². The van der Waals surface area contributed by atoms with Crippen LogP contribution in [0.3, 0.4) is 0 Å². The molecule has 0 saturated carbocycles. The van der Waals surface area contributed by atoms with Gasteiger partial charge in [0.25, 0.3) is 11.8 Å². The van der Waals surface area contributed by atoms with Crippen LogP contribution in [0, 0.1) is 0 Å². The third kappa shape index (κ3) is 3.52. The first kappa shape index (κ1) is 20.2. The van der Waals surface area contributed by atoms with Crippen molar-refractivity contribution in [1.82, 2.24) is 0 Å². The highest BCUT2D eigenvalue weighted by Crippen LogP contribution is 2.60. The van der Waals surface area contributed by atoms with Crippen LogP contribution in [0.2, 0.25) is 0 Å². The first-order chi connectivity index (χ1) is 15.0. The fourth-order valence-electron chi connectivity index (χ4n) is 3.35. The van der Waals surface area contributed by atoms with E-state index in [-0.39, 0.29) is 11.8 Å². The van der Waals surface area contributed by atoms with Crippen molar-refractivity contribution in [1.29, 1.82) is 0 Å². The normalized spacial score (nSPS) is 23.7. The summed E-state index contributed by atoms with van der Waals surface area (Å²) in [6, 6.07) is 18.7. The zero-order valence-electron chi connectivity index (χ0n) is 16.6. The number of amides is 2. The Kier molecular flexibility index (Phi) is 5.25. The Balaban J connectivity index is 1.45. The van der Waals surface area contributed by atoms with Gasteiger partial charge in [0.15, 0.2) is 0 Å². The molecule has 0 aromatic heterocycles. The second-order valence-corrected chi connectivity index (χ2v) is 10.6. The molecule has 0 aliphatic carbocycles. The van der Waals surface area contributed by atoms with Gasteiger partial charge >= 0.3 is 0 Å². The third-order valence-electron chi connectivity index (χ3n) is 4.82. The van der Waals surface area contributed by atoms with Crippen LogP contribution in [0.25, 0.3) is 0 Å². The molecule has 6 nitrogen and oxygen atoms in total. The maximum atomic E-state index is 13.1. The summed E-state index contributed by atoms with van der Waals surface area (Å²) in [6.45, 7) is 3.68. The predicted octanol–water partition coefficient (Wildman–Crippen LogP) is 5.38. The molecule has 3 aliphatic rings. The van der Waals surface area contributed by atoms with E-state index in [2.05, 4.69) is 10.2 Å². The van der Waals surface area contributed by atoms with E-state index in [1.165, 1.54) is 43.4 Å². The minimum absolute atomic E-state index is 0.153. The van der Waals surface area contributed by atoms with Crippen molar-refractivity contribution < 1.29 is 9.59 Å². The van der Waals surface area contributed by atoms with Crippen molar-refractivity contribution in [3.8, 4) is 0 Å². The smallest absolute Gasteiger partial charge is 0.267 e. The van der Waals surface area contributed by atoms with Crippen LogP contribution in [-0.2, 0) is 9.59 Å². The van der Waals surface area contributed by atoms with E-state index in [4.69, 9.17) is 0 Å². The van der Waals surface area contributed by atoms with Crippen molar-refractivity contribution in [3.05, 3.63) is 80.3 Å². The number of thioether (sulfide) groups is 1. The van der Waals surface area contributed by atoms with Crippen molar-refractivity contribution >= 4 is 68.0 Å². The van der Waals surface area contributed by atoms with Crippen molar-refractivity contribution in [2.75, 3.05) is 10.0 Å². The number of carbonyl (C=O) groups is 2. The third-order valence-corrected chi connectivity index (χ3v) is 9.28. The summed E-state index contributed by atoms with van der Waals surface area (Å²) in [5, 5.41) is 11.8. The summed E-state index contributed by atoms with van der Waals surface area (Å²) in [7, 11) is 2.98. The number of carbonyl (C=O) groups excluding carboxylic acids is 2. The average Bonchev–Trinajstić information content (AvgIpc) is 3.45. The number of para-hydroxylation sites is 2. The van der Waals surface area contributed by atoms with Gasteiger partial charge < -0.3 is 0 Å². The molecule has 2 aromatic carbocycles. The Morgan fingerprint density at radius 1 is 0.645 bits per heavy atom. The van der Waals surface area contributed by atoms with Gasteiger partial charge in [-0.3, -0.25) is 9.59 Å². The van der Waals surface area contributed by atoms with Crippen LogP contribution in [0.1, 0.15) is 13.8 Å². The molecule has 0 spiro atoms. The second kappa shape index (κ2) is 8.07. The van der Waals surface area contributed by atoms with E-state index in [0.29, 0.717) is 22.6 Å². The van der Waals surface area contributed by atoms with Gasteiger partial charge in [-0.05, 0) is 59.7 Å². The first-order valence-electron chi connectivity index (χ1n) is 9.45. The average molecular weight is 465 g/mol. The zero-order valence-corrected chi connectivity index (χ0v) is 19.1. The Morgan fingerprint density at radius 2 is 1.03 bits per heavy atom. The Hall–Kier alpha value is -2.75. The number of rotatable bonds is 2. The second-order valence-electron chi connectivity index (χ2n) is 6.87. The molecule has 0 atom stereocenters. The van der Waals surface area contributed by atoms with Gasteiger partial charge in [0.1, 0.15) is 0 Å². The summed E-state index contributed by atoms with van der Waals surface area (Å²) >= 11 is 1.44. The number of hydrazone groups is 2. The van der Waals surface area contributed by atoms with Crippen LogP contribution in [0.5, 0.6) is 0 Å². The molecule has 0 N–H and O–H groups in total. The predicted molar refractivity (Wildman–Crippen MR) is 131 cm³/mol. The number of hydrogen-bond donors (Lipinski definition) is 0. The highest BCUT2D eigenvalue weighted by molar-refractivity contribution is 8.86. The highest BCUT2D eigenvalue weighted by Gasteiger charge is 2.38. The molecular formula is C22H16N4O2S3. The van der Waals surface area contributed by atoms with E-state index in [1.807, 2.05) is 74.5 Å². The summed E-state index contributed by atoms with van der Waals surface area (Å²) in [5.74, 6) is -0.306. The summed E-state index contributed by atoms with van der Waals surface area (Å²) in [4.78, 5) is 26.2. The van der Waals surface area contributed by atoms with Crippen LogP contribution >= 0.6 is 33.3 Å².